The van der Waals surface area contributed by atoms with E-state index >= 15 is 0 Å². The highest BCUT2D eigenvalue weighted by Gasteiger charge is 2.41. The summed E-state index contributed by atoms with van der Waals surface area (Å²) in [5.74, 6) is -0.320. The maximum absolute atomic E-state index is 13.8. The monoisotopic (exact) mass is 854 g/mol. The molecule has 0 aliphatic carbocycles. The van der Waals surface area contributed by atoms with Gasteiger partial charge in [-0.05, 0) is 48.6 Å². The second-order valence-electron chi connectivity index (χ2n) is 15.9. The zero-order valence-corrected chi connectivity index (χ0v) is 36.2. The molecule has 2 fully saturated rings. The second-order valence-corrected chi connectivity index (χ2v) is 15.9. The Labute approximate surface area is 359 Å². The summed E-state index contributed by atoms with van der Waals surface area (Å²) < 4.78 is 22.7. The molecule has 2 aliphatic rings. The molecule has 4 heterocycles. The number of nitrogens with one attached hydrogen (secondary N) is 2. The Kier molecular flexibility index (Phi) is 14.0. The van der Waals surface area contributed by atoms with Crippen molar-refractivity contribution in [1.82, 2.24) is 39.5 Å². The number of carbonyl (C=O) groups excluding carboxylic acids is 6. The first-order chi connectivity index (χ1) is 29.7. The summed E-state index contributed by atoms with van der Waals surface area (Å²) in [5, 5.41) is 5.29. The fourth-order valence-corrected chi connectivity index (χ4v) is 8.20. The topological polar surface area (TPSA) is 206 Å². The van der Waals surface area contributed by atoms with Gasteiger partial charge in [0.2, 0.25) is 11.8 Å². The maximum Gasteiger partial charge on any atom is 0.419 e. The van der Waals surface area contributed by atoms with Crippen molar-refractivity contribution >= 4 is 36.2 Å². The molecule has 0 spiro atoms. The summed E-state index contributed by atoms with van der Waals surface area (Å²) in [7, 11) is 5.05. The number of amides is 4. The largest absolute Gasteiger partial charge is 0.453 e. The summed E-state index contributed by atoms with van der Waals surface area (Å²) in [6, 6.07) is 12.4. The van der Waals surface area contributed by atoms with Gasteiger partial charge in [-0.3, -0.25) is 9.59 Å². The third kappa shape index (κ3) is 8.99. The first kappa shape index (κ1) is 44.8. The lowest BCUT2D eigenvalue weighted by molar-refractivity contribution is -0.136. The third-order valence-corrected chi connectivity index (χ3v) is 11.4. The predicted octanol–water partition coefficient (Wildman–Crippen LogP) is 6.40. The molecule has 18 nitrogen and oxygen atoms in total. The van der Waals surface area contributed by atoms with E-state index in [-0.39, 0.29) is 23.7 Å². The number of likely N-dealkylation sites (tertiary alicyclic amines) is 2. The average Bonchev–Trinajstić information content (AvgIpc) is 4.12. The van der Waals surface area contributed by atoms with Crippen LogP contribution in [0.5, 0.6) is 0 Å². The first-order valence-electron chi connectivity index (χ1n) is 20.6. The number of ether oxygens (including phenoxy) is 4. The molecule has 2 saturated heterocycles. The fourth-order valence-electron chi connectivity index (χ4n) is 8.20. The number of carbonyl (C=O) groups is 6. The molecule has 0 saturated carbocycles. The molecule has 2 aromatic heterocycles. The first-order valence-corrected chi connectivity index (χ1v) is 20.6. The van der Waals surface area contributed by atoms with Crippen molar-refractivity contribution < 1.29 is 47.7 Å². The molecule has 6 rings (SSSR count). The van der Waals surface area contributed by atoms with Gasteiger partial charge >= 0.3 is 24.4 Å². The number of methoxy groups -OCH3 is 4. The Bertz CT molecular complexity index is 2120. The number of hydrogen-bond acceptors (Lipinski definition) is 12. The zero-order chi connectivity index (χ0) is 44.8. The molecule has 0 bridgehead atoms. The minimum atomic E-state index is -0.833. The maximum atomic E-state index is 13.8. The summed E-state index contributed by atoms with van der Waals surface area (Å²) in [5.41, 5.74) is 4.08. The summed E-state index contributed by atoms with van der Waals surface area (Å²) >= 11 is 0. The van der Waals surface area contributed by atoms with E-state index in [4.69, 9.17) is 18.9 Å². The quantitative estimate of drug-likeness (QED) is 0.157. The van der Waals surface area contributed by atoms with Crippen molar-refractivity contribution in [1.29, 1.82) is 0 Å². The van der Waals surface area contributed by atoms with Crippen LogP contribution in [0.25, 0.3) is 33.6 Å². The lowest BCUT2D eigenvalue weighted by Crippen LogP contribution is -2.51. The van der Waals surface area contributed by atoms with Gasteiger partial charge in [0.25, 0.3) is 0 Å². The Morgan fingerprint density at radius 1 is 0.548 bits per heavy atom. The zero-order valence-electron chi connectivity index (χ0n) is 36.2. The van der Waals surface area contributed by atoms with Gasteiger partial charge in [0.1, 0.15) is 23.7 Å². The van der Waals surface area contributed by atoms with Gasteiger partial charge in [0.05, 0.1) is 64.3 Å². The summed E-state index contributed by atoms with van der Waals surface area (Å²) in [6.45, 7) is 8.18. The highest BCUT2D eigenvalue weighted by atomic mass is 16.6. The molecule has 2 N–H and O–H groups in total. The van der Waals surface area contributed by atoms with E-state index in [0.717, 1.165) is 11.1 Å². The Hall–Kier alpha value is -6.72. The van der Waals surface area contributed by atoms with Crippen LogP contribution in [0.15, 0.2) is 60.9 Å². The van der Waals surface area contributed by atoms with Crippen LogP contribution in [-0.2, 0) is 28.5 Å². The number of hydrogen-bond donors (Lipinski definition) is 2. The molecule has 18 heteroatoms. The predicted molar refractivity (Wildman–Crippen MR) is 226 cm³/mol. The van der Waals surface area contributed by atoms with Gasteiger partial charge in [-0.1, -0.05) is 76.2 Å². The van der Waals surface area contributed by atoms with Gasteiger partial charge in [-0.2, -0.15) is 0 Å². The molecular weight excluding hydrogens is 801 g/mol. The Morgan fingerprint density at radius 2 is 0.887 bits per heavy atom. The van der Waals surface area contributed by atoms with E-state index in [0.29, 0.717) is 72.9 Å². The summed E-state index contributed by atoms with van der Waals surface area (Å²) in [4.78, 5) is 91.0. The number of nitrogens with zero attached hydrogens (tertiary/aromatic N) is 6. The highest BCUT2D eigenvalue weighted by Crippen LogP contribution is 2.37. The van der Waals surface area contributed by atoms with Gasteiger partial charge in [0.15, 0.2) is 0 Å². The molecule has 62 heavy (non-hydrogen) atoms. The fraction of sp³-hybridized carbons (Fsp3) is 0.455. The van der Waals surface area contributed by atoms with Crippen molar-refractivity contribution in [3.05, 3.63) is 72.6 Å². The van der Waals surface area contributed by atoms with Gasteiger partial charge in [0, 0.05) is 24.2 Å². The normalized spacial score (nSPS) is 17.1. The summed E-state index contributed by atoms with van der Waals surface area (Å²) in [6.07, 6.45) is 2.93. The second kappa shape index (κ2) is 19.3. The van der Waals surface area contributed by atoms with E-state index in [1.165, 1.54) is 37.6 Å². The molecule has 4 amide bonds. The SMILES string of the molecule is COC(=O)N[C@H](C(=O)N1CCC[C@@H]1c1ncc(-c2ccc(-c3ccc(-c4cnc([C@H]5CCCN5C(=O)[C@@H](NC(=O)OC)C(C)C)n4C(=O)OC)cc3)cc2)n1C(=O)OC)C(C)C. The molecule has 2 aromatic carbocycles. The van der Waals surface area contributed by atoms with Crippen molar-refractivity contribution in [3.63, 3.8) is 0 Å². The number of rotatable bonds is 11. The number of benzene rings is 2. The van der Waals surface area contributed by atoms with E-state index in [1.54, 1.807) is 22.2 Å². The molecular formula is C44H54N8O10. The van der Waals surface area contributed by atoms with Crippen LogP contribution in [0.1, 0.15) is 77.1 Å². The molecule has 0 unspecified atom stereocenters. The van der Waals surface area contributed by atoms with Crippen LogP contribution < -0.4 is 10.6 Å². The van der Waals surface area contributed by atoms with Crippen LogP contribution in [0.3, 0.4) is 0 Å². The van der Waals surface area contributed by atoms with Crippen LogP contribution in [0.4, 0.5) is 19.2 Å². The standard InChI is InChI=1S/C44H54N8O10/c1-25(2)35(47-41(55)59-5)39(53)49-21-9-11-31(49)37-45-23-33(51(37)43(57)61-7)29-17-13-27(14-18-29)28-15-19-30(20-16-28)34-24-46-38(52(34)44(58)62-8)32-12-10-22-50(32)40(54)36(26(3)4)48-42(56)60-6/h13-20,23-26,31-32,35-36H,9-12,21-22H2,1-8H3,(H,47,55)(H,48,56)/t31-,32-,35+,36+/m1/s1. The third-order valence-electron chi connectivity index (χ3n) is 11.4. The van der Waals surface area contributed by atoms with Crippen molar-refractivity contribution in [2.75, 3.05) is 41.5 Å². The van der Waals surface area contributed by atoms with Gasteiger partial charge in [-0.25, -0.2) is 38.3 Å². The minimum Gasteiger partial charge on any atom is -0.453 e. The lowest BCUT2D eigenvalue weighted by atomic mass is 10.0. The lowest BCUT2D eigenvalue weighted by Gasteiger charge is -2.30. The average molecular weight is 855 g/mol. The Morgan fingerprint density at radius 3 is 1.19 bits per heavy atom. The van der Waals surface area contributed by atoms with Crippen molar-refractivity contribution in [2.45, 2.75) is 77.5 Å². The van der Waals surface area contributed by atoms with Crippen LogP contribution in [-0.4, -0.2) is 119 Å². The van der Waals surface area contributed by atoms with E-state index in [2.05, 4.69) is 20.6 Å². The number of aromatic nitrogens is 4. The van der Waals surface area contributed by atoms with E-state index in [1.807, 2.05) is 76.2 Å². The van der Waals surface area contributed by atoms with Crippen molar-refractivity contribution in [2.24, 2.45) is 11.8 Å². The number of alkyl carbamates (subject to hydrolysis) is 2. The molecule has 2 aliphatic heterocycles. The van der Waals surface area contributed by atoms with Crippen molar-refractivity contribution in [3.8, 4) is 33.6 Å². The van der Waals surface area contributed by atoms with Crippen LogP contribution in [0, 0.1) is 11.8 Å². The molecule has 4 atom stereocenters. The molecule has 330 valence electrons. The van der Waals surface area contributed by atoms with Crippen LogP contribution >= 0.6 is 0 Å². The smallest absolute Gasteiger partial charge is 0.419 e. The van der Waals surface area contributed by atoms with Gasteiger partial charge in [-0.15, -0.1) is 0 Å². The van der Waals surface area contributed by atoms with E-state index < -0.39 is 48.5 Å². The van der Waals surface area contributed by atoms with E-state index in [9.17, 15) is 28.8 Å². The van der Waals surface area contributed by atoms with Gasteiger partial charge < -0.3 is 39.4 Å². The molecule has 4 aromatic rings. The number of imidazole rings is 2. The minimum absolute atomic E-state index is 0.223. The highest BCUT2D eigenvalue weighted by molar-refractivity contribution is 5.88. The Balaban J connectivity index is 1.25. The molecule has 0 radical (unpaired) electrons. The van der Waals surface area contributed by atoms with Crippen LogP contribution in [0.2, 0.25) is 0 Å².